The molecular weight excluding hydrogens is 362 g/mol. The molecule has 0 aromatic heterocycles. The lowest BCUT2D eigenvalue weighted by Crippen LogP contribution is -2.43. The lowest BCUT2D eigenvalue weighted by atomic mass is 10.1. The number of carboxylic acid groups (broad SMARTS) is 1. The highest BCUT2D eigenvalue weighted by Gasteiger charge is 2.21. The molecule has 0 aromatic carbocycles. The second-order valence-electron chi connectivity index (χ2n) is 6.99. The molecule has 0 unspecified atom stereocenters. The highest BCUT2D eigenvalue weighted by Crippen LogP contribution is 2.03. The van der Waals surface area contributed by atoms with E-state index in [9.17, 15) is 19.2 Å². The van der Waals surface area contributed by atoms with E-state index in [1.165, 1.54) is 0 Å². The number of carbonyl (C=O) groups is 4. The predicted octanol–water partition coefficient (Wildman–Crippen LogP) is -0.808. The Labute approximate surface area is 159 Å². The molecule has 0 radical (unpaired) electrons. The van der Waals surface area contributed by atoms with Crippen molar-refractivity contribution in [1.82, 2.24) is 5.32 Å². The van der Waals surface area contributed by atoms with Gasteiger partial charge in [-0.05, 0) is 6.42 Å². The minimum absolute atomic E-state index is 0.0345. The number of hydrogen-bond acceptors (Lipinski definition) is 7. The third-order valence-corrected chi connectivity index (χ3v) is 3.87. The number of nitrogens with zero attached hydrogens (tertiary/aromatic N) is 1. The first-order chi connectivity index (χ1) is 12.0. The molecule has 0 spiro atoms. The number of nitrogens with two attached hydrogens (primary N) is 1. The van der Waals surface area contributed by atoms with Crippen LogP contribution in [0.15, 0.2) is 0 Å². The topological polar surface area (TPSA) is 136 Å². The molecule has 0 fully saturated rings. The van der Waals surface area contributed by atoms with Crippen LogP contribution in [-0.2, 0) is 23.9 Å². The van der Waals surface area contributed by atoms with E-state index in [2.05, 4.69) is 17.9 Å². The van der Waals surface area contributed by atoms with Crippen LogP contribution in [0.2, 0.25) is 0 Å². The first-order valence-electron chi connectivity index (χ1n) is 8.33. The van der Waals surface area contributed by atoms with Gasteiger partial charge in [-0.2, -0.15) is 12.6 Å². The molecule has 0 saturated heterocycles. The second kappa shape index (κ2) is 11.9. The number of esters is 1. The molecule has 10 heteroatoms. The number of ketones is 1. The first kappa shape index (κ1) is 24.4. The summed E-state index contributed by atoms with van der Waals surface area (Å²) in [6, 6.07) is -1.97. The summed E-state index contributed by atoms with van der Waals surface area (Å²) < 4.78 is 5.73. The number of ether oxygens (including phenoxy) is 1. The Kier molecular flexibility index (Phi) is 11.1. The van der Waals surface area contributed by atoms with Crippen LogP contribution in [0, 0.1) is 0 Å². The number of carbonyl (C=O) groups excluding carboxylic acids is 3. The molecule has 0 bridgehead atoms. The maximum Gasteiger partial charge on any atom is 0.320 e. The van der Waals surface area contributed by atoms with Gasteiger partial charge in [0.05, 0.1) is 33.6 Å². The Morgan fingerprint density at radius 2 is 1.77 bits per heavy atom. The fourth-order valence-electron chi connectivity index (χ4n) is 1.81. The Balaban J connectivity index is 4.21. The van der Waals surface area contributed by atoms with Gasteiger partial charge < -0.3 is 25.4 Å². The fraction of sp³-hybridized carbons (Fsp3) is 0.750. The number of quaternary nitrogens is 1. The van der Waals surface area contributed by atoms with E-state index in [4.69, 9.17) is 15.6 Å². The number of aliphatic carboxylic acids is 1. The molecule has 0 aliphatic rings. The zero-order valence-electron chi connectivity index (χ0n) is 15.6. The summed E-state index contributed by atoms with van der Waals surface area (Å²) in [6.45, 7) is 0.931. The molecule has 0 aromatic rings. The minimum atomic E-state index is -1.19. The number of nitrogens with one attached hydrogen (secondary N) is 1. The van der Waals surface area contributed by atoms with Crippen molar-refractivity contribution in [1.29, 1.82) is 0 Å². The molecule has 0 saturated carbocycles. The molecule has 150 valence electrons. The fourth-order valence-corrected chi connectivity index (χ4v) is 2.10. The van der Waals surface area contributed by atoms with Crippen LogP contribution in [0.5, 0.6) is 0 Å². The third kappa shape index (κ3) is 11.8. The number of Topliss-reactive ketones (excluding diaryl/α,β-unsaturated/α-hetero) is 1. The minimum Gasteiger partial charge on any atom is -0.480 e. The van der Waals surface area contributed by atoms with Crippen LogP contribution >= 0.6 is 12.6 Å². The Hall–Kier alpha value is -1.65. The van der Waals surface area contributed by atoms with Crippen molar-refractivity contribution in [2.45, 2.75) is 37.8 Å². The van der Waals surface area contributed by atoms with Gasteiger partial charge >= 0.3 is 11.9 Å². The maximum atomic E-state index is 12.1. The van der Waals surface area contributed by atoms with Crippen molar-refractivity contribution in [3.8, 4) is 0 Å². The van der Waals surface area contributed by atoms with E-state index in [0.29, 0.717) is 11.0 Å². The summed E-state index contributed by atoms with van der Waals surface area (Å²) >= 11 is 4.03. The molecule has 0 heterocycles. The van der Waals surface area contributed by atoms with Gasteiger partial charge in [0.15, 0.2) is 5.78 Å². The molecule has 0 aliphatic carbocycles. The summed E-state index contributed by atoms with van der Waals surface area (Å²) in [5.74, 6) is -2.41. The summed E-state index contributed by atoms with van der Waals surface area (Å²) in [5, 5.41) is 11.2. The molecule has 2 atom stereocenters. The van der Waals surface area contributed by atoms with Crippen LogP contribution in [0.4, 0.5) is 0 Å². The quantitative estimate of drug-likeness (QED) is 0.183. The average molecular weight is 392 g/mol. The van der Waals surface area contributed by atoms with E-state index in [1.807, 2.05) is 21.1 Å². The van der Waals surface area contributed by atoms with Gasteiger partial charge in [-0.1, -0.05) is 0 Å². The zero-order chi connectivity index (χ0) is 20.3. The van der Waals surface area contributed by atoms with Crippen molar-refractivity contribution < 1.29 is 33.5 Å². The summed E-state index contributed by atoms with van der Waals surface area (Å²) in [7, 11) is 5.92. The highest BCUT2D eigenvalue weighted by atomic mass is 32.1. The standard InChI is InChI=1S/C16H29N3O6S/c1-19(2,3)8-9-25-15(22)7-5-13(20)12(10-26)18-14(21)6-4-11(17)16(23)24/h11-12H,4-10,17H2,1-3H3,(H2-,18,21,23,24,26)/p+1/t11-,12-/m0/s1. The Morgan fingerprint density at radius 3 is 2.27 bits per heavy atom. The monoisotopic (exact) mass is 392 g/mol. The van der Waals surface area contributed by atoms with Crippen molar-refractivity contribution in [3.63, 3.8) is 0 Å². The van der Waals surface area contributed by atoms with Gasteiger partial charge in [0, 0.05) is 18.6 Å². The molecule has 9 nitrogen and oxygen atoms in total. The Morgan fingerprint density at radius 1 is 1.15 bits per heavy atom. The molecule has 0 rings (SSSR count). The summed E-state index contributed by atoms with van der Waals surface area (Å²) in [6.07, 6.45) is -0.283. The molecule has 1 amide bonds. The molecule has 26 heavy (non-hydrogen) atoms. The van der Waals surface area contributed by atoms with Gasteiger partial charge in [-0.25, -0.2) is 0 Å². The molecular formula is C16H30N3O6S+. The van der Waals surface area contributed by atoms with Crippen LogP contribution < -0.4 is 11.1 Å². The van der Waals surface area contributed by atoms with Crippen LogP contribution in [0.3, 0.4) is 0 Å². The summed E-state index contributed by atoms with van der Waals surface area (Å²) in [5.41, 5.74) is 5.32. The van der Waals surface area contributed by atoms with Gasteiger partial charge in [-0.3, -0.25) is 19.2 Å². The highest BCUT2D eigenvalue weighted by molar-refractivity contribution is 7.80. The second-order valence-corrected chi connectivity index (χ2v) is 7.35. The lowest BCUT2D eigenvalue weighted by molar-refractivity contribution is -0.870. The lowest BCUT2D eigenvalue weighted by Gasteiger charge is -2.23. The number of rotatable bonds is 13. The zero-order valence-corrected chi connectivity index (χ0v) is 16.5. The van der Waals surface area contributed by atoms with Crippen LogP contribution in [0.25, 0.3) is 0 Å². The predicted molar refractivity (Wildman–Crippen MR) is 98.7 cm³/mol. The van der Waals surface area contributed by atoms with Gasteiger partial charge in [0.25, 0.3) is 0 Å². The number of amides is 1. The van der Waals surface area contributed by atoms with Crippen LogP contribution in [0.1, 0.15) is 25.7 Å². The van der Waals surface area contributed by atoms with E-state index in [1.54, 1.807) is 0 Å². The molecule has 4 N–H and O–H groups in total. The number of thiol groups is 1. The van der Waals surface area contributed by atoms with E-state index in [-0.39, 0.29) is 43.8 Å². The van der Waals surface area contributed by atoms with Crippen molar-refractivity contribution >= 4 is 36.3 Å². The van der Waals surface area contributed by atoms with E-state index in [0.717, 1.165) is 0 Å². The largest absolute Gasteiger partial charge is 0.480 e. The summed E-state index contributed by atoms with van der Waals surface area (Å²) in [4.78, 5) is 46.1. The van der Waals surface area contributed by atoms with Crippen molar-refractivity contribution in [3.05, 3.63) is 0 Å². The number of likely N-dealkylation sites (N-methyl/N-ethyl adjacent to an activating group) is 1. The smallest absolute Gasteiger partial charge is 0.320 e. The normalized spacial score (nSPS) is 13.6. The SMILES string of the molecule is C[N+](C)(C)CCOC(=O)CCC(=O)[C@H](CS)NC(=O)CC[C@H](N)C(=O)O. The van der Waals surface area contributed by atoms with Crippen molar-refractivity contribution in [2.75, 3.05) is 40.0 Å². The van der Waals surface area contributed by atoms with Crippen LogP contribution in [-0.4, -0.2) is 85.3 Å². The van der Waals surface area contributed by atoms with E-state index < -0.39 is 29.9 Å². The maximum absolute atomic E-state index is 12.1. The van der Waals surface area contributed by atoms with E-state index >= 15 is 0 Å². The number of carboxylic acids is 1. The molecule has 0 aliphatic heterocycles. The Bertz CT molecular complexity index is 507. The van der Waals surface area contributed by atoms with Gasteiger partial charge in [-0.15, -0.1) is 0 Å². The third-order valence-electron chi connectivity index (χ3n) is 3.51. The van der Waals surface area contributed by atoms with Gasteiger partial charge in [0.2, 0.25) is 5.91 Å². The first-order valence-corrected chi connectivity index (χ1v) is 8.97. The van der Waals surface area contributed by atoms with Crippen molar-refractivity contribution in [2.24, 2.45) is 5.73 Å². The number of hydrogen-bond donors (Lipinski definition) is 4. The average Bonchev–Trinajstić information content (AvgIpc) is 2.53. The van der Waals surface area contributed by atoms with Gasteiger partial charge in [0.1, 0.15) is 19.2 Å².